The fourth-order valence-electron chi connectivity index (χ4n) is 2.73. The number of carbonyl (C=O) groups excluding carboxylic acids is 3. The van der Waals surface area contributed by atoms with Gasteiger partial charge in [0.05, 0.1) is 4.92 Å². The lowest BCUT2D eigenvalue weighted by Gasteiger charge is -2.16. The third-order valence-electron chi connectivity index (χ3n) is 4.27. The van der Waals surface area contributed by atoms with Crippen molar-refractivity contribution in [3.63, 3.8) is 0 Å². The molecule has 0 unspecified atom stereocenters. The van der Waals surface area contributed by atoms with Gasteiger partial charge >= 0.3 is 5.97 Å². The highest BCUT2D eigenvalue weighted by Gasteiger charge is 2.15. The largest absolute Gasteiger partial charge is 0.454 e. The third kappa shape index (κ3) is 6.13. The van der Waals surface area contributed by atoms with Crippen molar-refractivity contribution in [3.8, 4) is 0 Å². The standard InChI is InChI=1S/C21H23N3O6/c1-13(2)17-9-4-6-14(3)20(17)23-18(25)12-30-19(26)11-22-21(27)15-7-5-8-16(10-15)24(28)29/h4-10,13H,11-12H2,1-3H3,(H,22,27)(H,23,25). The second-order valence-corrected chi connectivity index (χ2v) is 6.89. The average Bonchev–Trinajstić information content (AvgIpc) is 2.71. The lowest BCUT2D eigenvalue weighted by Crippen LogP contribution is -2.32. The maximum atomic E-state index is 12.2. The summed E-state index contributed by atoms with van der Waals surface area (Å²) in [5.41, 5.74) is 2.35. The Balaban J connectivity index is 1.85. The first-order chi connectivity index (χ1) is 14.2. The number of rotatable bonds is 8. The lowest BCUT2D eigenvalue weighted by molar-refractivity contribution is -0.384. The number of amides is 2. The van der Waals surface area contributed by atoms with Crippen LogP contribution in [-0.2, 0) is 14.3 Å². The highest BCUT2D eigenvalue weighted by molar-refractivity contribution is 5.97. The molecule has 2 amide bonds. The van der Waals surface area contributed by atoms with E-state index in [0.29, 0.717) is 5.69 Å². The van der Waals surface area contributed by atoms with Gasteiger partial charge in [-0.3, -0.25) is 24.5 Å². The minimum atomic E-state index is -0.808. The van der Waals surface area contributed by atoms with Crippen molar-refractivity contribution in [1.29, 1.82) is 0 Å². The number of nitrogens with one attached hydrogen (secondary N) is 2. The number of nitro groups is 1. The molecule has 2 N–H and O–H groups in total. The molecule has 0 heterocycles. The SMILES string of the molecule is Cc1cccc(C(C)C)c1NC(=O)COC(=O)CNC(=O)c1cccc([N+](=O)[O-])c1. The van der Waals surface area contributed by atoms with Gasteiger partial charge in [-0.2, -0.15) is 0 Å². The Hall–Kier alpha value is -3.75. The third-order valence-corrected chi connectivity index (χ3v) is 4.27. The van der Waals surface area contributed by atoms with Gasteiger partial charge in [0.2, 0.25) is 0 Å². The van der Waals surface area contributed by atoms with Crippen molar-refractivity contribution >= 4 is 29.2 Å². The first kappa shape index (κ1) is 22.5. The van der Waals surface area contributed by atoms with E-state index in [1.54, 1.807) is 0 Å². The number of nitrogens with zero attached hydrogens (tertiary/aromatic N) is 1. The van der Waals surface area contributed by atoms with Gasteiger partial charge in [0.25, 0.3) is 17.5 Å². The zero-order valence-corrected chi connectivity index (χ0v) is 16.9. The van der Waals surface area contributed by atoms with Crippen molar-refractivity contribution in [1.82, 2.24) is 5.32 Å². The van der Waals surface area contributed by atoms with E-state index < -0.39 is 35.9 Å². The molecule has 2 aromatic rings. The Labute approximate surface area is 173 Å². The minimum Gasteiger partial charge on any atom is -0.454 e. The van der Waals surface area contributed by atoms with E-state index in [0.717, 1.165) is 17.2 Å². The van der Waals surface area contributed by atoms with E-state index in [4.69, 9.17) is 4.74 Å². The topological polar surface area (TPSA) is 128 Å². The minimum absolute atomic E-state index is 0.0375. The molecule has 158 valence electrons. The van der Waals surface area contributed by atoms with Gasteiger partial charge in [-0.15, -0.1) is 0 Å². The van der Waals surface area contributed by atoms with Gasteiger partial charge < -0.3 is 15.4 Å². The Morgan fingerprint density at radius 2 is 1.83 bits per heavy atom. The molecule has 0 aromatic heterocycles. The molecule has 2 aromatic carbocycles. The summed E-state index contributed by atoms with van der Waals surface area (Å²) in [4.78, 5) is 46.2. The fraction of sp³-hybridized carbons (Fsp3) is 0.286. The monoisotopic (exact) mass is 413 g/mol. The summed E-state index contributed by atoms with van der Waals surface area (Å²) in [5, 5.41) is 15.8. The summed E-state index contributed by atoms with van der Waals surface area (Å²) in [6.45, 7) is 4.91. The maximum absolute atomic E-state index is 12.2. The van der Waals surface area contributed by atoms with Gasteiger partial charge in [-0.05, 0) is 30.0 Å². The van der Waals surface area contributed by atoms with Crippen LogP contribution in [0, 0.1) is 17.0 Å². The van der Waals surface area contributed by atoms with Crippen molar-refractivity contribution in [2.24, 2.45) is 0 Å². The molecule has 0 radical (unpaired) electrons. The smallest absolute Gasteiger partial charge is 0.325 e. The van der Waals surface area contributed by atoms with Gasteiger partial charge in [-0.1, -0.05) is 38.1 Å². The Bertz CT molecular complexity index is 971. The van der Waals surface area contributed by atoms with E-state index >= 15 is 0 Å². The molecule has 9 heteroatoms. The molecule has 0 bridgehead atoms. The summed E-state index contributed by atoms with van der Waals surface area (Å²) >= 11 is 0. The maximum Gasteiger partial charge on any atom is 0.325 e. The first-order valence-corrected chi connectivity index (χ1v) is 9.26. The summed E-state index contributed by atoms with van der Waals surface area (Å²) in [7, 11) is 0. The van der Waals surface area contributed by atoms with Crippen LogP contribution < -0.4 is 10.6 Å². The predicted octanol–water partition coefficient (Wildman–Crippen LogP) is 2.94. The van der Waals surface area contributed by atoms with Crippen molar-refractivity contribution in [2.45, 2.75) is 26.7 Å². The van der Waals surface area contributed by atoms with Crippen molar-refractivity contribution in [3.05, 3.63) is 69.3 Å². The molecular formula is C21H23N3O6. The number of non-ortho nitro benzene ring substituents is 1. The second-order valence-electron chi connectivity index (χ2n) is 6.89. The van der Waals surface area contributed by atoms with Crippen LogP contribution in [0.15, 0.2) is 42.5 Å². The number of carbonyl (C=O) groups is 3. The molecule has 0 aliphatic heterocycles. The van der Waals surface area contributed by atoms with Crippen LogP contribution in [0.1, 0.15) is 41.3 Å². The van der Waals surface area contributed by atoms with Crippen molar-refractivity contribution in [2.75, 3.05) is 18.5 Å². The van der Waals surface area contributed by atoms with E-state index in [9.17, 15) is 24.5 Å². The molecule has 0 saturated heterocycles. The number of esters is 1. The second kappa shape index (κ2) is 10.1. The number of para-hydroxylation sites is 1. The molecule has 2 rings (SSSR count). The van der Waals surface area contributed by atoms with Gasteiger partial charge in [-0.25, -0.2) is 0 Å². The number of ether oxygens (including phenoxy) is 1. The van der Waals surface area contributed by atoms with E-state index in [1.165, 1.54) is 18.2 Å². The number of benzene rings is 2. The van der Waals surface area contributed by atoms with Crippen molar-refractivity contribution < 1.29 is 24.0 Å². The molecule has 9 nitrogen and oxygen atoms in total. The molecule has 0 aliphatic carbocycles. The molecule has 30 heavy (non-hydrogen) atoms. The summed E-state index contributed by atoms with van der Waals surface area (Å²) < 4.78 is 4.89. The molecular weight excluding hydrogens is 390 g/mol. The van der Waals surface area contributed by atoms with Crippen LogP contribution in [0.25, 0.3) is 0 Å². The number of hydrogen-bond donors (Lipinski definition) is 2. The normalized spacial score (nSPS) is 10.4. The van der Waals surface area contributed by atoms with Crippen LogP contribution in [0.3, 0.4) is 0 Å². The first-order valence-electron chi connectivity index (χ1n) is 9.26. The molecule has 0 atom stereocenters. The zero-order chi connectivity index (χ0) is 22.3. The number of aryl methyl sites for hydroxylation is 1. The van der Waals surface area contributed by atoms with Crippen LogP contribution in [0.5, 0.6) is 0 Å². The molecule has 0 spiro atoms. The average molecular weight is 413 g/mol. The number of nitro benzene ring substituents is 1. The van der Waals surface area contributed by atoms with Crippen LogP contribution in [0.4, 0.5) is 11.4 Å². The summed E-state index contributed by atoms with van der Waals surface area (Å²) in [5.74, 6) is -1.77. The van der Waals surface area contributed by atoms with E-state index in [2.05, 4.69) is 10.6 Å². The Morgan fingerprint density at radius 3 is 2.50 bits per heavy atom. The lowest BCUT2D eigenvalue weighted by atomic mass is 9.98. The van der Waals surface area contributed by atoms with Crippen LogP contribution in [-0.4, -0.2) is 35.9 Å². The van der Waals surface area contributed by atoms with Crippen LogP contribution >= 0.6 is 0 Å². The molecule has 0 saturated carbocycles. The van der Waals surface area contributed by atoms with E-state index in [1.807, 2.05) is 39.0 Å². The number of hydrogen-bond acceptors (Lipinski definition) is 6. The molecule has 0 aliphatic rings. The quantitative estimate of drug-likeness (QED) is 0.389. The van der Waals surface area contributed by atoms with E-state index in [-0.39, 0.29) is 17.2 Å². The zero-order valence-electron chi connectivity index (χ0n) is 16.9. The van der Waals surface area contributed by atoms with Gasteiger partial charge in [0.1, 0.15) is 6.54 Å². The fourth-order valence-corrected chi connectivity index (χ4v) is 2.73. The summed E-state index contributed by atoms with van der Waals surface area (Å²) in [6.07, 6.45) is 0. The highest BCUT2D eigenvalue weighted by Crippen LogP contribution is 2.27. The molecule has 0 fully saturated rings. The van der Waals surface area contributed by atoms with Crippen LogP contribution in [0.2, 0.25) is 0 Å². The number of anilines is 1. The van der Waals surface area contributed by atoms with Gasteiger partial charge in [0.15, 0.2) is 6.61 Å². The Kier molecular flexibility index (Phi) is 7.62. The Morgan fingerprint density at radius 1 is 1.13 bits per heavy atom. The predicted molar refractivity (Wildman–Crippen MR) is 110 cm³/mol. The summed E-state index contributed by atoms with van der Waals surface area (Å²) in [6, 6.07) is 10.8. The van der Waals surface area contributed by atoms with Gasteiger partial charge in [0, 0.05) is 23.4 Å². The highest BCUT2D eigenvalue weighted by atomic mass is 16.6.